The SMILES string of the molecule is CN(C)[C@H]1Cc2c(Cl)cc(Cl)cc2[C@@H]1Oc1ccc(S(=O)(=O)C[C@H]2CCN(CCOCCCC(=O)CCCCCNC(=O)NCCOCCN3CC[C@H](NS(=O)(=O)c4ccc(O[C@H]5c6cc(Cl)cc(Cl)c6C[C@@H]5N(C)C)c(F)c4)C3)C2)cc1F. The highest BCUT2D eigenvalue weighted by Crippen LogP contribution is 2.44. The molecular formula is C59H77Cl4F2N7O10S2. The zero-order chi connectivity index (χ0) is 60.3. The van der Waals surface area contributed by atoms with Crippen molar-refractivity contribution in [1.29, 1.82) is 0 Å². The van der Waals surface area contributed by atoms with Gasteiger partial charge < -0.3 is 44.3 Å². The number of likely N-dealkylation sites (tertiary alicyclic amines) is 2. The van der Waals surface area contributed by atoms with E-state index in [1.165, 1.54) is 24.3 Å². The summed E-state index contributed by atoms with van der Waals surface area (Å²) in [5.74, 6) is -1.71. The summed E-state index contributed by atoms with van der Waals surface area (Å²) in [6.07, 6.45) is 5.10. The zero-order valence-corrected chi connectivity index (χ0v) is 52.6. The number of carbonyl (C=O) groups excluding carboxylic acids is 2. The van der Waals surface area contributed by atoms with E-state index in [0.717, 1.165) is 60.2 Å². The van der Waals surface area contributed by atoms with E-state index < -0.39 is 43.7 Å². The van der Waals surface area contributed by atoms with Crippen LogP contribution < -0.4 is 24.8 Å². The molecule has 8 rings (SSSR count). The van der Waals surface area contributed by atoms with Crippen LogP contribution in [-0.2, 0) is 47.0 Å². The van der Waals surface area contributed by atoms with Crippen LogP contribution in [0, 0.1) is 17.6 Å². The van der Waals surface area contributed by atoms with Gasteiger partial charge in [0.1, 0.15) is 18.0 Å². The van der Waals surface area contributed by atoms with E-state index in [9.17, 15) is 26.4 Å². The van der Waals surface area contributed by atoms with Gasteiger partial charge in [0.15, 0.2) is 33.0 Å². The van der Waals surface area contributed by atoms with E-state index in [1.54, 1.807) is 24.3 Å². The number of sulfonamides is 1. The molecule has 4 aromatic rings. The highest BCUT2D eigenvalue weighted by molar-refractivity contribution is 7.91. The van der Waals surface area contributed by atoms with Gasteiger partial charge in [0, 0.05) is 96.0 Å². The van der Waals surface area contributed by atoms with Crippen molar-refractivity contribution in [3.05, 3.63) is 115 Å². The van der Waals surface area contributed by atoms with Crippen LogP contribution in [0.3, 0.4) is 0 Å². The van der Waals surface area contributed by atoms with Gasteiger partial charge in [0.05, 0.1) is 47.4 Å². The average Bonchev–Trinajstić information content (AvgIpc) is 4.39. The molecule has 0 unspecified atom stereocenters. The van der Waals surface area contributed by atoms with E-state index in [0.29, 0.717) is 137 Å². The predicted molar refractivity (Wildman–Crippen MR) is 322 cm³/mol. The Kier molecular flexibility index (Phi) is 23.8. The van der Waals surface area contributed by atoms with E-state index in [-0.39, 0.29) is 62.9 Å². The van der Waals surface area contributed by atoms with Gasteiger partial charge in [0.25, 0.3) is 0 Å². The van der Waals surface area contributed by atoms with Gasteiger partial charge in [-0.05, 0) is 164 Å². The number of hydrogen-bond donors (Lipinski definition) is 3. The van der Waals surface area contributed by atoms with Crippen molar-refractivity contribution in [3.63, 3.8) is 0 Å². The van der Waals surface area contributed by atoms with Crippen LogP contribution >= 0.6 is 46.4 Å². The average molecular weight is 1290 g/mol. The fraction of sp³-hybridized carbons (Fsp3) is 0.559. The van der Waals surface area contributed by atoms with Crippen LogP contribution in [0.15, 0.2) is 70.5 Å². The first-order valence-electron chi connectivity index (χ1n) is 28.6. The monoisotopic (exact) mass is 1290 g/mol. The molecule has 0 aromatic heterocycles. The minimum absolute atomic E-state index is 0.0466. The Morgan fingerprint density at radius 2 is 1.17 bits per heavy atom. The number of rotatable bonds is 31. The molecule has 2 amide bonds. The van der Waals surface area contributed by atoms with Crippen LogP contribution in [0.4, 0.5) is 13.6 Å². The molecule has 2 aliphatic carbocycles. The molecule has 17 nitrogen and oxygen atoms in total. The van der Waals surface area contributed by atoms with Crippen LogP contribution in [0.1, 0.15) is 85.8 Å². The molecule has 2 fully saturated rings. The summed E-state index contributed by atoms with van der Waals surface area (Å²) in [5, 5.41) is 7.54. The van der Waals surface area contributed by atoms with Crippen molar-refractivity contribution < 1.29 is 54.2 Å². The number of halogens is 6. The summed E-state index contributed by atoms with van der Waals surface area (Å²) >= 11 is 25.6. The quantitative estimate of drug-likeness (QED) is 0.0405. The molecule has 6 atom stereocenters. The van der Waals surface area contributed by atoms with Crippen molar-refractivity contribution >= 4 is 78.1 Å². The molecule has 2 heterocycles. The van der Waals surface area contributed by atoms with Crippen LogP contribution in [-0.4, -0.2) is 179 Å². The number of amides is 2. The fourth-order valence-corrected chi connectivity index (χ4v) is 15.6. The van der Waals surface area contributed by atoms with Crippen LogP contribution in [0.2, 0.25) is 20.1 Å². The molecule has 4 aliphatic rings. The van der Waals surface area contributed by atoms with Crippen molar-refractivity contribution in [3.8, 4) is 11.5 Å². The second-order valence-corrected chi connectivity index (χ2v) is 28.1. The summed E-state index contributed by atoms with van der Waals surface area (Å²) in [4.78, 5) is 32.7. The lowest BCUT2D eigenvalue weighted by Crippen LogP contribution is -2.38. The Bertz CT molecular complexity index is 2960. The standard InChI is InChI=1S/C59H77Cl4F2N7O10S2/c1-69(2)53-33-45-47(27-39(60)29-49(45)62)57(53)81-55-13-11-43(31-51(55)64)83(75,76)37-38-15-19-71(35-38)21-25-79-23-8-10-42(73)9-6-5-7-17-66-59(74)67-18-24-80-26-22-72-20-16-41(36-72)68-84(77,78)44-12-14-56(52(65)32-44)82-58-48-28-40(61)30-50(63)46(48)34-54(58)70(3)4/h11-14,27-32,38,41,53-54,57-58,68H,5-10,15-26,33-37H2,1-4H3,(H2,66,67,74)/t38-,41-,53-,54-,57-,58-/m0/s1. The van der Waals surface area contributed by atoms with E-state index >= 15 is 8.78 Å². The molecule has 0 spiro atoms. The number of urea groups is 1. The number of benzene rings is 4. The fourth-order valence-electron chi connectivity index (χ4n) is 11.5. The van der Waals surface area contributed by atoms with Crippen LogP contribution in [0.5, 0.6) is 11.5 Å². The third kappa shape index (κ3) is 17.9. The van der Waals surface area contributed by atoms with E-state index in [1.807, 2.05) is 38.0 Å². The Hall–Kier alpha value is -3.94. The van der Waals surface area contributed by atoms with Gasteiger partial charge >= 0.3 is 6.03 Å². The lowest BCUT2D eigenvalue weighted by atomic mass is 10.1. The zero-order valence-electron chi connectivity index (χ0n) is 48.0. The van der Waals surface area contributed by atoms with E-state index in [4.69, 9.17) is 65.4 Å². The Morgan fingerprint density at radius 3 is 1.76 bits per heavy atom. The van der Waals surface area contributed by atoms with Crippen molar-refractivity contribution in [2.75, 3.05) is 113 Å². The molecule has 84 heavy (non-hydrogen) atoms. The first kappa shape index (κ1) is 66.0. The van der Waals surface area contributed by atoms with Gasteiger partial charge in [-0.2, -0.15) is 0 Å². The van der Waals surface area contributed by atoms with E-state index in [2.05, 4.69) is 25.2 Å². The molecule has 2 saturated heterocycles. The first-order chi connectivity index (χ1) is 40.0. The molecule has 462 valence electrons. The largest absolute Gasteiger partial charge is 0.481 e. The first-order valence-corrected chi connectivity index (χ1v) is 33.3. The van der Waals surface area contributed by atoms with Crippen LogP contribution in [0.25, 0.3) is 0 Å². The number of ketones is 1. The molecule has 0 saturated carbocycles. The molecule has 0 bridgehead atoms. The number of likely N-dealkylation sites (N-methyl/N-ethyl adjacent to an activating group) is 2. The Labute approximate surface area is 513 Å². The number of sulfone groups is 1. The number of hydrogen-bond acceptors (Lipinski definition) is 14. The topological polar surface area (TPSA) is 188 Å². The Morgan fingerprint density at radius 1 is 0.631 bits per heavy atom. The summed E-state index contributed by atoms with van der Waals surface area (Å²) in [7, 11) is -0.185. The summed E-state index contributed by atoms with van der Waals surface area (Å²) < 4.78 is 111. The number of carbonyl (C=O) groups is 2. The number of nitrogens with one attached hydrogen (secondary N) is 3. The molecule has 3 N–H and O–H groups in total. The van der Waals surface area contributed by atoms with Gasteiger partial charge in [-0.25, -0.2) is 35.1 Å². The second kappa shape index (κ2) is 30.3. The Balaban J connectivity index is 0.608. The number of Topliss-reactive ketones (excluding diaryl/α,β-unsaturated/α-hetero) is 1. The highest BCUT2D eigenvalue weighted by Gasteiger charge is 2.40. The molecule has 25 heteroatoms. The van der Waals surface area contributed by atoms with Gasteiger partial charge in [0.2, 0.25) is 10.0 Å². The summed E-state index contributed by atoms with van der Waals surface area (Å²) in [5.41, 5.74) is 3.33. The maximum atomic E-state index is 15.5. The maximum absolute atomic E-state index is 15.5. The summed E-state index contributed by atoms with van der Waals surface area (Å²) in [6.45, 7) is 6.06. The second-order valence-electron chi connectivity index (χ2n) is 22.6. The molecular weight excluding hydrogens is 1210 g/mol. The summed E-state index contributed by atoms with van der Waals surface area (Å²) in [6, 6.07) is 13.4. The third-order valence-corrected chi connectivity index (χ3v) is 20.6. The predicted octanol–water partition coefficient (Wildman–Crippen LogP) is 9.18. The van der Waals surface area contributed by atoms with Crippen molar-refractivity contribution in [2.24, 2.45) is 5.92 Å². The minimum Gasteiger partial charge on any atom is -0.481 e. The minimum atomic E-state index is -4.03. The van der Waals surface area contributed by atoms with Gasteiger partial charge in [-0.15, -0.1) is 0 Å². The maximum Gasteiger partial charge on any atom is 0.314 e. The van der Waals surface area contributed by atoms with Gasteiger partial charge in [-0.3, -0.25) is 9.69 Å². The lowest BCUT2D eigenvalue weighted by Gasteiger charge is -2.27. The number of ether oxygens (including phenoxy) is 4. The number of nitrogens with zero attached hydrogens (tertiary/aromatic N) is 4. The number of unbranched alkanes of at least 4 members (excludes halogenated alkanes) is 2. The van der Waals surface area contributed by atoms with Gasteiger partial charge in [-0.1, -0.05) is 52.8 Å². The number of fused-ring (bicyclic) bond motifs is 2. The molecule has 0 radical (unpaired) electrons. The highest BCUT2D eigenvalue weighted by atomic mass is 35.5. The third-order valence-electron chi connectivity index (χ3n) is 16.1. The van der Waals surface area contributed by atoms with Crippen molar-refractivity contribution in [1.82, 2.24) is 35.0 Å². The molecule has 4 aromatic carbocycles. The lowest BCUT2D eigenvalue weighted by molar-refractivity contribution is -0.119. The normalized spacial score (nSPS) is 20.9. The smallest absolute Gasteiger partial charge is 0.314 e. The molecule has 2 aliphatic heterocycles. The van der Waals surface area contributed by atoms with Crippen molar-refractivity contribution in [2.45, 2.75) is 104 Å².